The molecule has 0 saturated heterocycles. The van der Waals surface area contributed by atoms with E-state index in [-0.39, 0.29) is 22.0 Å². The molecular formula is C9H4BrCl2N3O2. The van der Waals surface area contributed by atoms with Gasteiger partial charge < -0.3 is 9.73 Å². The zero-order chi connectivity index (χ0) is 12.4. The maximum atomic E-state index is 11.7. The number of amides is 1. The molecule has 0 atom stereocenters. The summed E-state index contributed by atoms with van der Waals surface area (Å²) in [7, 11) is 0. The van der Waals surface area contributed by atoms with Gasteiger partial charge in [-0.3, -0.25) is 4.79 Å². The SMILES string of the molecule is O=C(Nc1cc(Cl)nc(Cl)n1)c1ccc(Br)o1. The maximum absolute atomic E-state index is 11.7. The van der Waals surface area contributed by atoms with Crippen LogP contribution in [0.4, 0.5) is 5.82 Å². The molecule has 8 heteroatoms. The molecule has 5 nitrogen and oxygen atoms in total. The largest absolute Gasteiger partial charge is 0.444 e. The summed E-state index contributed by atoms with van der Waals surface area (Å²) in [5.74, 6) is -0.114. The minimum Gasteiger partial charge on any atom is -0.444 e. The van der Waals surface area contributed by atoms with E-state index in [1.807, 2.05) is 0 Å². The van der Waals surface area contributed by atoms with Gasteiger partial charge in [-0.15, -0.1) is 0 Å². The second-order valence-electron chi connectivity index (χ2n) is 2.90. The molecule has 0 unspecified atom stereocenters. The summed E-state index contributed by atoms with van der Waals surface area (Å²) in [6.07, 6.45) is 0. The van der Waals surface area contributed by atoms with Gasteiger partial charge in [-0.05, 0) is 39.7 Å². The van der Waals surface area contributed by atoms with Crippen molar-refractivity contribution in [2.45, 2.75) is 0 Å². The Bertz CT molecular complexity index is 553. The molecule has 2 rings (SSSR count). The number of hydrogen-bond donors (Lipinski definition) is 1. The highest BCUT2D eigenvalue weighted by Gasteiger charge is 2.12. The van der Waals surface area contributed by atoms with E-state index in [0.29, 0.717) is 4.67 Å². The van der Waals surface area contributed by atoms with Gasteiger partial charge in [-0.25, -0.2) is 9.97 Å². The van der Waals surface area contributed by atoms with Gasteiger partial charge in [0.1, 0.15) is 11.0 Å². The lowest BCUT2D eigenvalue weighted by atomic mass is 10.4. The fourth-order valence-electron chi connectivity index (χ4n) is 1.07. The van der Waals surface area contributed by atoms with Crippen LogP contribution in [0.2, 0.25) is 10.4 Å². The van der Waals surface area contributed by atoms with Gasteiger partial charge in [0, 0.05) is 6.07 Å². The number of aromatic nitrogens is 2. The van der Waals surface area contributed by atoms with E-state index in [0.717, 1.165) is 0 Å². The molecule has 17 heavy (non-hydrogen) atoms. The molecule has 0 aromatic carbocycles. The van der Waals surface area contributed by atoms with Gasteiger partial charge in [0.15, 0.2) is 10.4 Å². The van der Waals surface area contributed by atoms with Crippen molar-refractivity contribution in [1.82, 2.24) is 9.97 Å². The van der Waals surface area contributed by atoms with Gasteiger partial charge >= 0.3 is 0 Å². The molecule has 2 heterocycles. The molecule has 2 aromatic rings. The lowest BCUT2D eigenvalue weighted by Crippen LogP contribution is -2.12. The Morgan fingerprint density at radius 3 is 2.71 bits per heavy atom. The van der Waals surface area contributed by atoms with Crippen molar-refractivity contribution in [3.8, 4) is 0 Å². The minimum absolute atomic E-state index is 0.0478. The van der Waals surface area contributed by atoms with Crippen LogP contribution in [0, 0.1) is 0 Å². The van der Waals surface area contributed by atoms with Crippen LogP contribution < -0.4 is 5.32 Å². The summed E-state index contributed by atoms with van der Waals surface area (Å²) in [5.41, 5.74) is 0. The highest BCUT2D eigenvalue weighted by Crippen LogP contribution is 2.17. The summed E-state index contributed by atoms with van der Waals surface area (Å²) in [5, 5.41) is 2.57. The van der Waals surface area contributed by atoms with E-state index >= 15 is 0 Å². The molecule has 0 aliphatic carbocycles. The normalized spacial score (nSPS) is 10.3. The lowest BCUT2D eigenvalue weighted by molar-refractivity contribution is 0.0995. The zero-order valence-electron chi connectivity index (χ0n) is 8.08. The third-order valence-corrected chi connectivity index (χ3v) is 2.50. The molecule has 1 amide bonds. The van der Waals surface area contributed by atoms with Crippen LogP contribution in [0.15, 0.2) is 27.3 Å². The standard InChI is InChI=1S/C9H4BrCl2N3O2/c10-5-2-1-4(17-5)8(16)14-7-3-6(11)13-9(12)15-7/h1-3H,(H,13,14,15,16). The first-order valence-corrected chi connectivity index (χ1v) is 5.86. The molecule has 0 fully saturated rings. The van der Waals surface area contributed by atoms with E-state index in [1.54, 1.807) is 6.07 Å². The molecule has 1 N–H and O–H groups in total. The number of anilines is 1. The van der Waals surface area contributed by atoms with Gasteiger partial charge in [0.2, 0.25) is 5.28 Å². The molecule has 88 valence electrons. The Balaban J connectivity index is 2.18. The molecular weight excluding hydrogens is 333 g/mol. The Labute approximate surface area is 114 Å². The van der Waals surface area contributed by atoms with E-state index in [2.05, 4.69) is 31.2 Å². The van der Waals surface area contributed by atoms with Crippen molar-refractivity contribution < 1.29 is 9.21 Å². The number of halogens is 3. The van der Waals surface area contributed by atoms with Gasteiger partial charge in [-0.2, -0.15) is 0 Å². The van der Waals surface area contributed by atoms with Crippen molar-refractivity contribution in [2.24, 2.45) is 0 Å². The van der Waals surface area contributed by atoms with Crippen molar-refractivity contribution in [3.63, 3.8) is 0 Å². The van der Waals surface area contributed by atoms with Crippen LogP contribution in [0.3, 0.4) is 0 Å². The number of carbonyl (C=O) groups excluding carboxylic acids is 1. The molecule has 2 aromatic heterocycles. The number of carbonyl (C=O) groups is 1. The second kappa shape index (κ2) is 5.03. The fraction of sp³-hybridized carbons (Fsp3) is 0. The zero-order valence-corrected chi connectivity index (χ0v) is 11.2. The van der Waals surface area contributed by atoms with E-state index in [4.69, 9.17) is 27.6 Å². The van der Waals surface area contributed by atoms with Gasteiger partial charge in [-0.1, -0.05) is 11.6 Å². The van der Waals surface area contributed by atoms with Crippen LogP contribution in [0.5, 0.6) is 0 Å². The average Bonchev–Trinajstić information content (AvgIpc) is 2.63. The van der Waals surface area contributed by atoms with E-state index in [1.165, 1.54) is 12.1 Å². The number of nitrogens with zero attached hydrogens (tertiary/aromatic N) is 2. The highest BCUT2D eigenvalue weighted by molar-refractivity contribution is 9.10. The Morgan fingerprint density at radius 2 is 2.12 bits per heavy atom. The Morgan fingerprint density at radius 1 is 1.35 bits per heavy atom. The fourth-order valence-corrected chi connectivity index (χ4v) is 1.78. The molecule has 0 saturated carbocycles. The first kappa shape index (κ1) is 12.3. The number of rotatable bonds is 2. The van der Waals surface area contributed by atoms with E-state index in [9.17, 15) is 4.79 Å². The average molecular weight is 337 g/mol. The Hall–Kier alpha value is -1.11. The van der Waals surface area contributed by atoms with Crippen molar-refractivity contribution in [2.75, 3.05) is 5.32 Å². The third-order valence-electron chi connectivity index (χ3n) is 1.71. The van der Waals surface area contributed by atoms with Crippen LogP contribution in [0.1, 0.15) is 10.6 Å². The predicted molar refractivity (Wildman–Crippen MR) is 66.4 cm³/mol. The summed E-state index contributed by atoms with van der Waals surface area (Å²) < 4.78 is 5.53. The van der Waals surface area contributed by atoms with E-state index < -0.39 is 5.91 Å². The van der Waals surface area contributed by atoms with Crippen LogP contribution in [0.25, 0.3) is 0 Å². The lowest BCUT2D eigenvalue weighted by Gasteiger charge is -2.02. The van der Waals surface area contributed by atoms with Crippen molar-refractivity contribution >= 4 is 50.9 Å². The number of nitrogens with one attached hydrogen (secondary N) is 1. The first-order chi connectivity index (χ1) is 8.04. The number of furan rings is 1. The quantitative estimate of drug-likeness (QED) is 0.674. The molecule has 0 aliphatic heterocycles. The van der Waals surface area contributed by atoms with Crippen LogP contribution in [-0.2, 0) is 0 Å². The first-order valence-electron chi connectivity index (χ1n) is 4.31. The summed E-state index contributed by atoms with van der Waals surface area (Å²) in [4.78, 5) is 19.1. The van der Waals surface area contributed by atoms with Crippen LogP contribution in [-0.4, -0.2) is 15.9 Å². The van der Waals surface area contributed by atoms with Crippen molar-refractivity contribution in [3.05, 3.63) is 39.1 Å². The Kier molecular flexibility index (Phi) is 3.66. The summed E-state index contributed by atoms with van der Waals surface area (Å²) in [6, 6.07) is 4.50. The topological polar surface area (TPSA) is 68.0 Å². The third kappa shape index (κ3) is 3.18. The maximum Gasteiger partial charge on any atom is 0.292 e. The summed E-state index contributed by atoms with van der Waals surface area (Å²) >= 11 is 14.4. The monoisotopic (exact) mass is 335 g/mol. The molecule has 0 bridgehead atoms. The molecule has 0 aliphatic rings. The minimum atomic E-state index is -0.457. The molecule has 0 spiro atoms. The second-order valence-corrected chi connectivity index (χ2v) is 4.41. The smallest absolute Gasteiger partial charge is 0.292 e. The van der Waals surface area contributed by atoms with Gasteiger partial charge in [0.25, 0.3) is 5.91 Å². The van der Waals surface area contributed by atoms with Crippen molar-refractivity contribution in [1.29, 1.82) is 0 Å². The van der Waals surface area contributed by atoms with Crippen LogP contribution >= 0.6 is 39.1 Å². The molecule has 0 radical (unpaired) electrons. The number of hydrogen-bond acceptors (Lipinski definition) is 4. The summed E-state index contributed by atoms with van der Waals surface area (Å²) in [6.45, 7) is 0. The predicted octanol–water partition coefficient (Wildman–Crippen LogP) is 3.39. The highest BCUT2D eigenvalue weighted by atomic mass is 79.9. The van der Waals surface area contributed by atoms with Gasteiger partial charge in [0.05, 0.1) is 0 Å².